The largest absolute Gasteiger partial charge is 0.193 e. The van der Waals surface area contributed by atoms with Crippen molar-refractivity contribution in [3.63, 3.8) is 0 Å². The predicted molar refractivity (Wildman–Crippen MR) is 47.3 cm³/mol. The van der Waals surface area contributed by atoms with E-state index in [0.29, 0.717) is 0 Å². The molecule has 0 saturated heterocycles. The van der Waals surface area contributed by atoms with Gasteiger partial charge in [0.15, 0.2) is 0 Å². The molecule has 0 fully saturated rings. The summed E-state index contributed by atoms with van der Waals surface area (Å²) in [6, 6.07) is 6.03. The molecule has 0 unspecified atom stereocenters. The molecule has 0 radical (unpaired) electrons. The molecule has 1 heterocycles. The smallest absolute Gasteiger partial charge is 0.0852 e. The Morgan fingerprint density at radius 3 is 3.10 bits per heavy atom. The lowest BCUT2D eigenvalue weighted by Gasteiger charge is -1.88. The quantitative estimate of drug-likeness (QED) is 0.656. The maximum absolute atomic E-state index is 4.19. The van der Waals surface area contributed by atoms with Crippen molar-refractivity contribution in [1.82, 2.24) is 4.37 Å². The fourth-order valence-electron chi connectivity index (χ4n) is 0.858. The molecule has 1 aromatic heterocycles. The lowest BCUT2D eigenvalue weighted by molar-refractivity contribution is 1.65. The number of rotatable bonds is 0. The van der Waals surface area contributed by atoms with Gasteiger partial charge in [0.1, 0.15) is 0 Å². The summed E-state index contributed by atoms with van der Waals surface area (Å²) in [5.41, 5.74) is 1.07. The van der Waals surface area contributed by atoms with Crippen LogP contribution in [0.3, 0.4) is 0 Å². The van der Waals surface area contributed by atoms with Crippen LogP contribution in [0.25, 0.3) is 10.9 Å². The second-order valence-electron chi connectivity index (χ2n) is 1.99. The van der Waals surface area contributed by atoms with Crippen LogP contribution in [0.1, 0.15) is 0 Å². The molecule has 0 atom stereocenters. The van der Waals surface area contributed by atoms with Gasteiger partial charge in [0.25, 0.3) is 0 Å². The number of fused-ring (bicyclic) bond motifs is 1. The van der Waals surface area contributed by atoms with Gasteiger partial charge in [-0.2, -0.15) is 4.37 Å². The summed E-state index contributed by atoms with van der Waals surface area (Å²) in [5.74, 6) is 0. The molecule has 1 aromatic carbocycles. The molecule has 0 aliphatic rings. The van der Waals surface area contributed by atoms with Crippen LogP contribution < -0.4 is 0 Å². The Hall–Kier alpha value is -0.410. The van der Waals surface area contributed by atoms with Gasteiger partial charge in [0.05, 0.1) is 5.52 Å². The standard InChI is InChI=1S/C7H4BrNS/c8-6-2-1-3-7-5(6)4-10-9-7/h1-4H. The number of hydrogen-bond donors (Lipinski definition) is 0. The van der Waals surface area contributed by atoms with Gasteiger partial charge in [-0.3, -0.25) is 0 Å². The highest BCUT2D eigenvalue weighted by Crippen LogP contribution is 2.23. The van der Waals surface area contributed by atoms with Crippen molar-refractivity contribution in [2.24, 2.45) is 0 Å². The minimum atomic E-state index is 1.07. The van der Waals surface area contributed by atoms with Crippen molar-refractivity contribution in [3.8, 4) is 0 Å². The summed E-state index contributed by atoms with van der Waals surface area (Å²) in [4.78, 5) is 0. The lowest BCUT2D eigenvalue weighted by atomic mass is 10.3. The highest BCUT2D eigenvalue weighted by atomic mass is 79.9. The monoisotopic (exact) mass is 213 g/mol. The molecule has 1 nitrogen and oxygen atoms in total. The Bertz CT molecular complexity index is 355. The van der Waals surface area contributed by atoms with Crippen molar-refractivity contribution in [1.29, 1.82) is 0 Å². The van der Waals surface area contributed by atoms with Gasteiger partial charge in [-0.25, -0.2) is 0 Å². The van der Waals surface area contributed by atoms with Crippen LogP contribution in [0.4, 0.5) is 0 Å². The fourth-order valence-corrected chi connectivity index (χ4v) is 2.16. The summed E-state index contributed by atoms with van der Waals surface area (Å²) in [5, 5.41) is 3.24. The number of aromatic nitrogens is 1. The second kappa shape index (κ2) is 2.32. The second-order valence-corrected chi connectivity index (χ2v) is 3.47. The highest BCUT2D eigenvalue weighted by molar-refractivity contribution is 9.10. The average Bonchev–Trinajstić information content (AvgIpc) is 2.36. The van der Waals surface area contributed by atoms with E-state index in [2.05, 4.69) is 20.3 Å². The average molecular weight is 214 g/mol. The van der Waals surface area contributed by atoms with Crippen LogP contribution in [-0.2, 0) is 0 Å². The summed E-state index contributed by atoms with van der Waals surface area (Å²) >= 11 is 4.93. The van der Waals surface area contributed by atoms with E-state index in [-0.39, 0.29) is 0 Å². The van der Waals surface area contributed by atoms with Gasteiger partial charge in [-0.1, -0.05) is 22.0 Å². The van der Waals surface area contributed by atoms with E-state index in [1.807, 2.05) is 23.6 Å². The van der Waals surface area contributed by atoms with Gasteiger partial charge in [0, 0.05) is 15.2 Å². The third kappa shape index (κ3) is 0.859. The predicted octanol–water partition coefficient (Wildman–Crippen LogP) is 3.06. The van der Waals surface area contributed by atoms with Crippen LogP contribution in [0, 0.1) is 0 Å². The SMILES string of the molecule is Brc1cccc2nscc12. The molecule has 50 valence electrons. The lowest BCUT2D eigenvalue weighted by Crippen LogP contribution is -1.66. The molecule has 0 N–H and O–H groups in total. The highest BCUT2D eigenvalue weighted by Gasteiger charge is 1.97. The molecule has 2 aromatic rings. The van der Waals surface area contributed by atoms with E-state index in [1.165, 1.54) is 16.9 Å². The maximum atomic E-state index is 4.19. The Kier molecular flexibility index (Phi) is 1.47. The summed E-state index contributed by atoms with van der Waals surface area (Å²) in [6.45, 7) is 0. The molecule has 0 bridgehead atoms. The van der Waals surface area contributed by atoms with E-state index in [4.69, 9.17) is 0 Å². The third-order valence-electron chi connectivity index (χ3n) is 1.35. The van der Waals surface area contributed by atoms with Crippen LogP contribution in [-0.4, -0.2) is 4.37 Å². The molecule has 10 heavy (non-hydrogen) atoms. The number of hydrogen-bond acceptors (Lipinski definition) is 2. The molecular weight excluding hydrogens is 210 g/mol. The number of benzene rings is 1. The molecule has 0 aliphatic carbocycles. The minimum Gasteiger partial charge on any atom is -0.193 e. The molecule has 0 amide bonds. The zero-order valence-electron chi connectivity index (χ0n) is 5.04. The summed E-state index contributed by atoms with van der Waals surface area (Å²) in [7, 11) is 0. The topological polar surface area (TPSA) is 12.9 Å². The van der Waals surface area contributed by atoms with Gasteiger partial charge >= 0.3 is 0 Å². The van der Waals surface area contributed by atoms with Gasteiger partial charge < -0.3 is 0 Å². The van der Waals surface area contributed by atoms with Crippen LogP contribution >= 0.6 is 27.5 Å². The maximum Gasteiger partial charge on any atom is 0.0852 e. The van der Waals surface area contributed by atoms with E-state index < -0.39 is 0 Å². The summed E-state index contributed by atoms with van der Waals surface area (Å²) in [6.07, 6.45) is 0. The van der Waals surface area contributed by atoms with Crippen LogP contribution in [0.2, 0.25) is 0 Å². The summed E-state index contributed by atoms with van der Waals surface area (Å²) < 4.78 is 5.32. The van der Waals surface area contributed by atoms with Gasteiger partial charge in [0.2, 0.25) is 0 Å². The van der Waals surface area contributed by atoms with Crippen molar-refractivity contribution < 1.29 is 0 Å². The first kappa shape index (κ1) is 6.31. The Labute approximate surface area is 71.0 Å². The van der Waals surface area contributed by atoms with E-state index in [0.717, 1.165) is 9.99 Å². The molecule has 2 rings (SSSR count). The molecule has 0 aliphatic heterocycles. The molecule has 3 heteroatoms. The number of nitrogens with zero attached hydrogens (tertiary/aromatic N) is 1. The zero-order chi connectivity index (χ0) is 6.97. The van der Waals surface area contributed by atoms with Crippen molar-refractivity contribution in [2.45, 2.75) is 0 Å². The molecule has 0 saturated carbocycles. The normalized spacial score (nSPS) is 10.5. The van der Waals surface area contributed by atoms with Gasteiger partial charge in [-0.15, -0.1) is 0 Å². The first-order valence-electron chi connectivity index (χ1n) is 2.86. The van der Waals surface area contributed by atoms with Crippen molar-refractivity contribution >= 4 is 38.4 Å². The Balaban J connectivity index is 2.95. The molecule has 0 spiro atoms. The molecular formula is C7H4BrNS. The third-order valence-corrected chi connectivity index (χ3v) is 2.69. The van der Waals surface area contributed by atoms with E-state index in [9.17, 15) is 0 Å². The Morgan fingerprint density at radius 1 is 1.40 bits per heavy atom. The Morgan fingerprint density at radius 2 is 2.30 bits per heavy atom. The van der Waals surface area contributed by atoms with Gasteiger partial charge in [-0.05, 0) is 23.7 Å². The fraction of sp³-hybridized carbons (Fsp3) is 0. The first-order chi connectivity index (χ1) is 4.88. The number of halogens is 1. The van der Waals surface area contributed by atoms with Crippen molar-refractivity contribution in [2.75, 3.05) is 0 Å². The van der Waals surface area contributed by atoms with E-state index >= 15 is 0 Å². The first-order valence-corrected chi connectivity index (χ1v) is 4.49. The van der Waals surface area contributed by atoms with E-state index in [1.54, 1.807) is 0 Å². The van der Waals surface area contributed by atoms with Crippen LogP contribution in [0.15, 0.2) is 28.1 Å². The zero-order valence-corrected chi connectivity index (χ0v) is 7.45. The van der Waals surface area contributed by atoms with Crippen LogP contribution in [0.5, 0.6) is 0 Å². The van der Waals surface area contributed by atoms with Crippen molar-refractivity contribution in [3.05, 3.63) is 28.1 Å². The minimum absolute atomic E-state index is 1.07.